The standard InChI is InChI=1S/C11H16O3/c1-4-6-10(7-5-2)14-9-8-11(12)13-3/h4-5,8-10H,1-2,6-7H2,3H3/b9-8+. The molecule has 0 fully saturated rings. The first kappa shape index (κ1) is 12.5. The zero-order valence-corrected chi connectivity index (χ0v) is 8.44. The molecule has 3 nitrogen and oxygen atoms in total. The summed E-state index contributed by atoms with van der Waals surface area (Å²) in [4.78, 5) is 10.7. The van der Waals surface area contributed by atoms with E-state index in [2.05, 4.69) is 17.9 Å². The Kier molecular flexibility index (Phi) is 7.23. The van der Waals surface area contributed by atoms with E-state index in [9.17, 15) is 4.79 Å². The molecule has 78 valence electrons. The van der Waals surface area contributed by atoms with Crippen LogP contribution >= 0.6 is 0 Å². The van der Waals surface area contributed by atoms with Crippen LogP contribution in [0.5, 0.6) is 0 Å². The predicted molar refractivity (Wildman–Crippen MR) is 55.7 cm³/mol. The summed E-state index contributed by atoms with van der Waals surface area (Å²) in [7, 11) is 1.32. The number of hydrogen-bond donors (Lipinski definition) is 0. The zero-order chi connectivity index (χ0) is 10.8. The highest BCUT2D eigenvalue weighted by Crippen LogP contribution is 2.05. The molecule has 0 unspecified atom stereocenters. The van der Waals surface area contributed by atoms with Crippen molar-refractivity contribution in [1.29, 1.82) is 0 Å². The molecule has 0 N–H and O–H groups in total. The first-order valence-electron chi connectivity index (χ1n) is 4.36. The summed E-state index contributed by atoms with van der Waals surface area (Å²) < 4.78 is 9.68. The monoisotopic (exact) mass is 196 g/mol. The third-order valence-corrected chi connectivity index (χ3v) is 1.54. The van der Waals surface area contributed by atoms with Gasteiger partial charge in [0, 0.05) is 12.8 Å². The van der Waals surface area contributed by atoms with Gasteiger partial charge < -0.3 is 9.47 Å². The van der Waals surface area contributed by atoms with Crippen molar-refractivity contribution >= 4 is 5.97 Å². The van der Waals surface area contributed by atoms with Gasteiger partial charge in [-0.1, -0.05) is 12.2 Å². The molecule has 0 heterocycles. The molecule has 0 bridgehead atoms. The van der Waals surface area contributed by atoms with Crippen molar-refractivity contribution in [2.24, 2.45) is 0 Å². The Hall–Kier alpha value is -1.51. The van der Waals surface area contributed by atoms with Gasteiger partial charge >= 0.3 is 5.97 Å². The van der Waals surface area contributed by atoms with Gasteiger partial charge in [0.15, 0.2) is 0 Å². The third kappa shape index (κ3) is 6.06. The van der Waals surface area contributed by atoms with Crippen LogP contribution in [0.3, 0.4) is 0 Å². The van der Waals surface area contributed by atoms with Crippen molar-refractivity contribution in [3.8, 4) is 0 Å². The number of ether oxygens (including phenoxy) is 2. The van der Waals surface area contributed by atoms with Crippen LogP contribution in [-0.2, 0) is 14.3 Å². The molecule has 0 atom stereocenters. The van der Waals surface area contributed by atoms with E-state index in [4.69, 9.17) is 4.74 Å². The molecule has 0 aliphatic heterocycles. The van der Waals surface area contributed by atoms with Crippen LogP contribution in [0.4, 0.5) is 0 Å². The summed E-state index contributed by atoms with van der Waals surface area (Å²) in [5.41, 5.74) is 0. The molecule has 0 saturated carbocycles. The molecule has 14 heavy (non-hydrogen) atoms. The molecule has 0 rings (SSSR count). The summed E-state index contributed by atoms with van der Waals surface area (Å²) in [5, 5.41) is 0. The number of methoxy groups -OCH3 is 1. The van der Waals surface area contributed by atoms with Crippen molar-refractivity contribution in [3.63, 3.8) is 0 Å². The Morgan fingerprint density at radius 1 is 1.36 bits per heavy atom. The molecule has 0 amide bonds. The molecule has 0 aromatic carbocycles. The topological polar surface area (TPSA) is 35.5 Å². The Bertz CT molecular complexity index is 209. The van der Waals surface area contributed by atoms with E-state index >= 15 is 0 Å². The van der Waals surface area contributed by atoms with Gasteiger partial charge in [-0.3, -0.25) is 0 Å². The quantitative estimate of drug-likeness (QED) is 0.271. The number of rotatable bonds is 7. The molecule has 0 aliphatic carbocycles. The van der Waals surface area contributed by atoms with Crippen LogP contribution in [0.2, 0.25) is 0 Å². The van der Waals surface area contributed by atoms with Crippen molar-refractivity contribution in [2.45, 2.75) is 18.9 Å². The van der Waals surface area contributed by atoms with Crippen molar-refractivity contribution in [3.05, 3.63) is 37.6 Å². The van der Waals surface area contributed by atoms with Gasteiger partial charge in [0.05, 0.1) is 19.4 Å². The van der Waals surface area contributed by atoms with Gasteiger partial charge in [-0.15, -0.1) is 13.2 Å². The number of hydrogen-bond acceptors (Lipinski definition) is 3. The fourth-order valence-corrected chi connectivity index (χ4v) is 0.853. The number of carbonyl (C=O) groups is 1. The lowest BCUT2D eigenvalue weighted by Crippen LogP contribution is -2.07. The predicted octanol–water partition coefficient (Wildman–Crippen LogP) is 2.21. The van der Waals surface area contributed by atoms with Gasteiger partial charge in [0.2, 0.25) is 0 Å². The summed E-state index contributed by atoms with van der Waals surface area (Å²) in [6, 6.07) is 0. The lowest BCUT2D eigenvalue weighted by atomic mass is 10.2. The maximum atomic E-state index is 10.7. The molecule has 0 aliphatic rings. The largest absolute Gasteiger partial charge is 0.497 e. The highest BCUT2D eigenvalue weighted by Gasteiger charge is 2.02. The highest BCUT2D eigenvalue weighted by atomic mass is 16.5. The summed E-state index contributed by atoms with van der Waals surface area (Å²) >= 11 is 0. The SMILES string of the molecule is C=CCC(CC=C)O/C=C/C(=O)OC. The highest BCUT2D eigenvalue weighted by molar-refractivity contribution is 5.81. The van der Waals surface area contributed by atoms with Crippen LogP contribution in [0.1, 0.15) is 12.8 Å². The number of esters is 1. The second kappa shape index (κ2) is 8.10. The van der Waals surface area contributed by atoms with Gasteiger partial charge in [0.25, 0.3) is 0 Å². The first-order chi connectivity index (χ1) is 6.74. The van der Waals surface area contributed by atoms with Crippen LogP contribution in [0.15, 0.2) is 37.6 Å². The van der Waals surface area contributed by atoms with Crippen molar-refractivity contribution in [2.75, 3.05) is 7.11 Å². The van der Waals surface area contributed by atoms with E-state index in [1.54, 1.807) is 12.2 Å². The fourth-order valence-electron chi connectivity index (χ4n) is 0.853. The number of carbonyl (C=O) groups excluding carboxylic acids is 1. The molecule has 3 heteroatoms. The minimum Gasteiger partial charge on any atom is -0.497 e. The average Bonchev–Trinajstić information content (AvgIpc) is 2.18. The fraction of sp³-hybridized carbons (Fsp3) is 0.364. The Balaban J connectivity index is 3.90. The van der Waals surface area contributed by atoms with Gasteiger partial charge in [0.1, 0.15) is 6.10 Å². The van der Waals surface area contributed by atoms with E-state index < -0.39 is 5.97 Å². The lowest BCUT2D eigenvalue weighted by molar-refractivity contribution is -0.135. The minimum absolute atomic E-state index is 0.00842. The van der Waals surface area contributed by atoms with E-state index in [0.717, 1.165) is 12.8 Å². The minimum atomic E-state index is -0.430. The van der Waals surface area contributed by atoms with E-state index in [1.165, 1.54) is 19.4 Å². The molecular weight excluding hydrogens is 180 g/mol. The second-order valence-electron chi connectivity index (χ2n) is 2.63. The van der Waals surface area contributed by atoms with Crippen molar-refractivity contribution < 1.29 is 14.3 Å². The maximum Gasteiger partial charge on any atom is 0.333 e. The average molecular weight is 196 g/mol. The third-order valence-electron chi connectivity index (χ3n) is 1.54. The van der Waals surface area contributed by atoms with Crippen molar-refractivity contribution in [1.82, 2.24) is 0 Å². The van der Waals surface area contributed by atoms with Crippen LogP contribution < -0.4 is 0 Å². The molecule has 0 aromatic heterocycles. The second-order valence-corrected chi connectivity index (χ2v) is 2.63. The normalized spacial score (nSPS) is 10.1. The first-order valence-corrected chi connectivity index (χ1v) is 4.36. The van der Waals surface area contributed by atoms with Gasteiger partial charge in [-0.2, -0.15) is 0 Å². The summed E-state index contributed by atoms with van der Waals surface area (Å²) in [6.07, 6.45) is 7.53. The van der Waals surface area contributed by atoms with E-state index in [1.807, 2.05) is 0 Å². The van der Waals surface area contributed by atoms with Gasteiger partial charge in [-0.05, 0) is 0 Å². The molecule has 0 saturated heterocycles. The Morgan fingerprint density at radius 2 is 1.93 bits per heavy atom. The van der Waals surface area contributed by atoms with Gasteiger partial charge in [-0.25, -0.2) is 4.79 Å². The summed E-state index contributed by atoms with van der Waals surface area (Å²) in [5.74, 6) is -0.430. The molecule has 0 radical (unpaired) electrons. The van der Waals surface area contributed by atoms with E-state index in [0.29, 0.717) is 0 Å². The summed E-state index contributed by atoms with van der Waals surface area (Å²) in [6.45, 7) is 7.22. The molecule has 0 aromatic rings. The Labute approximate surface area is 84.7 Å². The Morgan fingerprint density at radius 3 is 2.36 bits per heavy atom. The smallest absolute Gasteiger partial charge is 0.333 e. The van der Waals surface area contributed by atoms with Crippen LogP contribution in [-0.4, -0.2) is 19.2 Å². The maximum absolute atomic E-state index is 10.7. The molecular formula is C11H16O3. The molecule has 0 spiro atoms. The van der Waals surface area contributed by atoms with Crippen LogP contribution in [0, 0.1) is 0 Å². The lowest BCUT2D eigenvalue weighted by Gasteiger charge is -2.11. The zero-order valence-electron chi connectivity index (χ0n) is 8.44. The van der Waals surface area contributed by atoms with Crippen LogP contribution in [0.25, 0.3) is 0 Å². The van der Waals surface area contributed by atoms with E-state index in [-0.39, 0.29) is 6.10 Å².